The third-order valence-electron chi connectivity index (χ3n) is 3.84. The van der Waals surface area contributed by atoms with E-state index in [1.54, 1.807) is 24.3 Å². The molecule has 0 unspecified atom stereocenters. The van der Waals surface area contributed by atoms with Crippen molar-refractivity contribution >= 4 is 45.1 Å². The van der Waals surface area contributed by atoms with Crippen LogP contribution in [0.15, 0.2) is 62.6 Å². The Labute approximate surface area is 175 Å². The van der Waals surface area contributed by atoms with Gasteiger partial charge in [0.05, 0.1) is 11.3 Å². The van der Waals surface area contributed by atoms with E-state index in [-0.39, 0.29) is 23.4 Å². The van der Waals surface area contributed by atoms with E-state index >= 15 is 0 Å². The van der Waals surface area contributed by atoms with E-state index in [9.17, 15) is 9.59 Å². The number of thioether (sulfide) groups is 1. The highest BCUT2D eigenvalue weighted by atomic mass is 79.9. The fraction of sp³-hybridized carbons (Fsp3) is 0.200. The number of hydrogen-bond donors (Lipinski definition) is 1. The number of aromatic nitrogens is 2. The van der Waals surface area contributed by atoms with E-state index < -0.39 is 0 Å². The minimum Gasteiger partial charge on any atom is -0.411 e. The maximum absolute atomic E-state index is 12.4. The molecule has 0 aliphatic carbocycles. The van der Waals surface area contributed by atoms with E-state index in [2.05, 4.69) is 31.4 Å². The second-order valence-electron chi connectivity index (χ2n) is 6.29. The zero-order chi connectivity index (χ0) is 20.1. The Morgan fingerprint density at radius 2 is 1.82 bits per heavy atom. The molecule has 8 heteroatoms. The fourth-order valence-electron chi connectivity index (χ4n) is 2.25. The highest BCUT2D eigenvalue weighted by Gasteiger charge is 2.14. The smallest absolute Gasteiger partial charge is 0.277 e. The predicted molar refractivity (Wildman–Crippen MR) is 112 cm³/mol. The SMILES string of the molecule is CC(C)C(=O)Nc1ccc(C(=O)CSc2nnc(-c3ccccc3Br)o2)cc1. The average Bonchev–Trinajstić information content (AvgIpc) is 3.15. The first-order valence-electron chi connectivity index (χ1n) is 8.59. The molecule has 1 aromatic heterocycles. The molecule has 0 fully saturated rings. The molecule has 0 radical (unpaired) electrons. The average molecular weight is 460 g/mol. The summed E-state index contributed by atoms with van der Waals surface area (Å²) in [5.74, 6) is 0.343. The maximum atomic E-state index is 12.4. The zero-order valence-electron chi connectivity index (χ0n) is 15.3. The van der Waals surface area contributed by atoms with Gasteiger partial charge in [-0.15, -0.1) is 10.2 Å². The van der Waals surface area contributed by atoms with Crippen molar-refractivity contribution in [1.29, 1.82) is 0 Å². The standard InChI is InChI=1S/C20H18BrN3O3S/c1-12(2)18(26)22-14-9-7-13(8-10-14)17(25)11-28-20-24-23-19(27-20)15-5-3-4-6-16(15)21/h3-10,12H,11H2,1-2H3,(H,22,26). The molecular formula is C20H18BrN3O3S. The quantitative estimate of drug-likeness (QED) is 0.392. The molecule has 144 valence electrons. The summed E-state index contributed by atoms with van der Waals surface area (Å²) in [5, 5.41) is 11.1. The molecule has 6 nitrogen and oxygen atoms in total. The molecule has 2 aromatic carbocycles. The van der Waals surface area contributed by atoms with Crippen molar-refractivity contribution in [2.24, 2.45) is 5.92 Å². The maximum Gasteiger partial charge on any atom is 0.277 e. The van der Waals surface area contributed by atoms with Gasteiger partial charge in [-0.1, -0.05) is 37.7 Å². The van der Waals surface area contributed by atoms with Crippen LogP contribution >= 0.6 is 27.7 Å². The van der Waals surface area contributed by atoms with E-state index in [4.69, 9.17) is 4.42 Å². The normalized spacial score (nSPS) is 10.9. The predicted octanol–water partition coefficient (Wildman–Crippen LogP) is 5.07. The number of rotatable bonds is 7. The van der Waals surface area contributed by atoms with Gasteiger partial charge in [0, 0.05) is 21.6 Å². The number of amides is 1. The Bertz CT molecular complexity index is 986. The molecule has 0 saturated heterocycles. The number of Topliss-reactive ketones (excluding diaryl/α,β-unsaturated/α-hetero) is 1. The molecule has 28 heavy (non-hydrogen) atoms. The van der Waals surface area contributed by atoms with Crippen LogP contribution < -0.4 is 5.32 Å². The van der Waals surface area contributed by atoms with Crippen LogP contribution in [-0.2, 0) is 4.79 Å². The number of halogens is 1. The van der Waals surface area contributed by atoms with E-state index in [1.165, 1.54) is 11.8 Å². The van der Waals surface area contributed by atoms with Gasteiger partial charge >= 0.3 is 0 Å². The van der Waals surface area contributed by atoms with Gasteiger partial charge in [-0.3, -0.25) is 9.59 Å². The van der Waals surface area contributed by atoms with Gasteiger partial charge in [-0.05, 0) is 52.3 Å². The van der Waals surface area contributed by atoms with Crippen molar-refractivity contribution in [3.05, 3.63) is 58.6 Å². The molecule has 3 aromatic rings. The number of anilines is 1. The van der Waals surface area contributed by atoms with Crippen LogP contribution in [0.5, 0.6) is 0 Å². The van der Waals surface area contributed by atoms with Gasteiger partial charge in [-0.2, -0.15) is 0 Å². The van der Waals surface area contributed by atoms with Gasteiger partial charge in [0.1, 0.15) is 0 Å². The molecule has 1 N–H and O–H groups in total. The Hall–Kier alpha value is -2.45. The van der Waals surface area contributed by atoms with Gasteiger partial charge in [0.15, 0.2) is 5.78 Å². The summed E-state index contributed by atoms with van der Waals surface area (Å²) in [4.78, 5) is 24.1. The Morgan fingerprint density at radius 3 is 2.50 bits per heavy atom. The van der Waals surface area contributed by atoms with Crippen LogP contribution in [0.25, 0.3) is 11.5 Å². The van der Waals surface area contributed by atoms with Crippen LogP contribution in [-0.4, -0.2) is 27.6 Å². The highest BCUT2D eigenvalue weighted by molar-refractivity contribution is 9.10. The number of hydrogen-bond acceptors (Lipinski definition) is 6. The van der Waals surface area contributed by atoms with E-state index in [1.807, 2.05) is 38.1 Å². The largest absolute Gasteiger partial charge is 0.411 e. The first kappa shape index (κ1) is 20.3. The molecule has 3 rings (SSSR count). The number of nitrogens with zero attached hydrogens (tertiary/aromatic N) is 2. The summed E-state index contributed by atoms with van der Waals surface area (Å²) in [6, 6.07) is 14.4. The summed E-state index contributed by atoms with van der Waals surface area (Å²) in [5.41, 5.74) is 2.02. The van der Waals surface area contributed by atoms with Crippen molar-refractivity contribution in [3.8, 4) is 11.5 Å². The molecule has 0 spiro atoms. The second-order valence-corrected chi connectivity index (χ2v) is 8.07. The van der Waals surface area contributed by atoms with E-state index in [0.29, 0.717) is 22.4 Å². The Kier molecular flexibility index (Phi) is 6.64. The second kappa shape index (κ2) is 9.16. The van der Waals surface area contributed by atoms with Crippen LogP contribution in [0, 0.1) is 5.92 Å². The number of nitrogens with one attached hydrogen (secondary N) is 1. The zero-order valence-corrected chi connectivity index (χ0v) is 17.7. The number of ketones is 1. The van der Waals surface area contributed by atoms with Gasteiger partial charge in [-0.25, -0.2) is 0 Å². The van der Waals surface area contributed by atoms with Crippen LogP contribution in [0.4, 0.5) is 5.69 Å². The molecule has 0 saturated carbocycles. The lowest BCUT2D eigenvalue weighted by Crippen LogP contribution is -2.17. The van der Waals surface area contributed by atoms with Crippen LogP contribution in [0.1, 0.15) is 24.2 Å². The summed E-state index contributed by atoms with van der Waals surface area (Å²) in [6.07, 6.45) is 0. The number of carbonyl (C=O) groups is 2. The topological polar surface area (TPSA) is 85.1 Å². The molecule has 0 atom stereocenters. The third kappa shape index (κ3) is 5.08. The molecular weight excluding hydrogens is 442 g/mol. The molecule has 0 bridgehead atoms. The Morgan fingerprint density at radius 1 is 1.11 bits per heavy atom. The van der Waals surface area contributed by atoms with Crippen LogP contribution in [0.3, 0.4) is 0 Å². The van der Waals surface area contributed by atoms with Crippen molar-refractivity contribution in [2.75, 3.05) is 11.1 Å². The van der Waals surface area contributed by atoms with Gasteiger partial charge < -0.3 is 9.73 Å². The molecule has 1 amide bonds. The van der Waals surface area contributed by atoms with Crippen molar-refractivity contribution < 1.29 is 14.0 Å². The first-order chi connectivity index (χ1) is 13.4. The summed E-state index contributed by atoms with van der Waals surface area (Å²) in [6.45, 7) is 3.65. The molecule has 0 aliphatic heterocycles. The third-order valence-corrected chi connectivity index (χ3v) is 5.35. The number of carbonyl (C=O) groups excluding carboxylic acids is 2. The van der Waals surface area contributed by atoms with E-state index in [0.717, 1.165) is 10.0 Å². The first-order valence-corrected chi connectivity index (χ1v) is 10.4. The molecule has 0 aliphatic rings. The lowest BCUT2D eigenvalue weighted by molar-refractivity contribution is -0.118. The van der Waals surface area contributed by atoms with Crippen LogP contribution in [0.2, 0.25) is 0 Å². The monoisotopic (exact) mass is 459 g/mol. The lowest BCUT2D eigenvalue weighted by atomic mass is 10.1. The minimum atomic E-state index is -0.103. The fourth-order valence-corrected chi connectivity index (χ4v) is 3.36. The lowest BCUT2D eigenvalue weighted by Gasteiger charge is -2.08. The minimum absolute atomic E-state index is 0.0626. The van der Waals surface area contributed by atoms with Crippen molar-refractivity contribution in [2.45, 2.75) is 19.1 Å². The molecule has 1 heterocycles. The van der Waals surface area contributed by atoms with Crippen molar-refractivity contribution in [1.82, 2.24) is 10.2 Å². The summed E-state index contributed by atoms with van der Waals surface area (Å²) >= 11 is 4.64. The Balaban J connectivity index is 1.59. The number of benzene rings is 2. The van der Waals surface area contributed by atoms with Gasteiger partial charge in [0.2, 0.25) is 11.8 Å². The summed E-state index contributed by atoms with van der Waals surface area (Å²) in [7, 11) is 0. The van der Waals surface area contributed by atoms with Gasteiger partial charge in [0.25, 0.3) is 5.22 Å². The van der Waals surface area contributed by atoms with Crippen molar-refractivity contribution in [3.63, 3.8) is 0 Å². The summed E-state index contributed by atoms with van der Waals surface area (Å²) < 4.78 is 6.49. The highest BCUT2D eigenvalue weighted by Crippen LogP contribution is 2.29.